The van der Waals surface area contributed by atoms with Gasteiger partial charge in [-0.25, -0.2) is 0 Å². The highest BCUT2D eigenvalue weighted by Crippen LogP contribution is 2.30. The molecule has 0 aromatic heterocycles. The van der Waals surface area contributed by atoms with Gasteiger partial charge in [0.2, 0.25) is 0 Å². The topological polar surface area (TPSA) is 0 Å². The zero-order chi connectivity index (χ0) is 10.8. The first-order valence-corrected chi connectivity index (χ1v) is 4.77. The van der Waals surface area contributed by atoms with Gasteiger partial charge in [-0.3, -0.25) is 0 Å². The highest BCUT2D eigenvalue weighted by molar-refractivity contribution is 6.17. The summed E-state index contributed by atoms with van der Waals surface area (Å²) >= 11 is 5.60. The van der Waals surface area contributed by atoms with E-state index < -0.39 is 11.7 Å². The van der Waals surface area contributed by atoms with E-state index in [0.717, 1.165) is 17.7 Å². The van der Waals surface area contributed by atoms with Gasteiger partial charge in [0.1, 0.15) is 0 Å². The Morgan fingerprint density at radius 2 is 1.86 bits per heavy atom. The summed E-state index contributed by atoms with van der Waals surface area (Å²) < 4.78 is 36.9. The second-order valence-corrected chi connectivity index (χ2v) is 3.24. The monoisotopic (exact) mass is 222 g/mol. The maximum Gasteiger partial charge on any atom is 0.416 e. The molecule has 0 unspecified atom stereocenters. The summed E-state index contributed by atoms with van der Waals surface area (Å²) in [5, 5.41) is 0. The van der Waals surface area contributed by atoms with Crippen LogP contribution in [0.1, 0.15) is 23.6 Å². The van der Waals surface area contributed by atoms with Crippen molar-refractivity contribution >= 4 is 11.6 Å². The Labute approximate surface area is 85.7 Å². The van der Waals surface area contributed by atoms with Crippen molar-refractivity contribution in [3.05, 3.63) is 34.9 Å². The quantitative estimate of drug-likeness (QED) is 0.664. The molecule has 0 N–H and O–H groups in total. The van der Waals surface area contributed by atoms with Crippen molar-refractivity contribution in [1.82, 2.24) is 0 Å². The van der Waals surface area contributed by atoms with E-state index in [1.54, 1.807) is 0 Å². The molecule has 0 bridgehead atoms. The lowest BCUT2D eigenvalue weighted by molar-refractivity contribution is -0.137. The van der Waals surface area contributed by atoms with Gasteiger partial charge in [-0.05, 0) is 29.7 Å². The Morgan fingerprint density at radius 3 is 2.29 bits per heavy atom. The van der Waals surface area contributed by atoms with Gasteiger partial charge in [-0.15, -0.1) is 11.6 Å². The van der Waals surface area contributed by atoms with Crippen molar-refractivity contribution in [2.45, 2.75) is 25.4 Å². The molecule has 1 rings (SSSR count). The van der Waals surface area contributed by atoms with Crippen LogP contribution in [0.25, 0.3) is 0 Å². The van der Waals surface area contributed by atoms with Crippen molar-refractivity contribution in [3.63, 3.8) is 0 Å². The molecule has 0 amide bonds. The first-order valence-electron chi connectivity index (χ1n) is 4.24. The first-order chi connectivity index (χ1) is 6.49. The molecule has 0 atom stereocenters. The van der Waals surface area contributed by atoms with Crippen LogP contribution in [0, 0.1) is 0 Å². The molecule has 0 spiro atoms. The van der Waals surface area contributed by atoms with Crippen molar-refractivity contribution in [1.29, 1.82) is 0 Å². The molecular weight excluding hydrogens is 213 g/mol. The highest BCUT2D eigenvalue weighted by Gasteiger charge is 2.30. The first kappa shape index (κ1) is 11.4. The highest BCUT2D eigenvalue weighted by atomic mass is 35.5. The molecule has 0 aliphatic heterocycles. The van der Waals surface area contributed by atoms with E-state index in [-0.39, 0.29) is 5.88 Å². The van der Waals surface area contributed by atoms with Crippen molar-refractivity contribution in [2.75, 3.05) is 0 Å². The standard InChI is InChI=1S/C10H10ClF3/c1-2-7-5-9(10(12,13)14)4-3-8(7)6-11/h3-5H,2,6H2,1H3. The molecule has 0 fully saturated rings. The summed E-state index contributed by atoms with van der Waals surface area (Å²) in [5.41, 5.74) is 0.820. The summed E-state index contributed by atoms with van der Waals surface area (Å²) in [6.07, 6.45) is -3.71. The fraction of sp³-hybridized carbons (Fsp3) is 0.400. The minimum atomic E-state index is -4.27. The Hall–Kier alpha value is -0.700. The maximum atomic E-state index is 12.3. The summed E-state index contributed by atoms with van der Waals surface area (Å²) in [6.45, 7) is 1.81. The predicted molar refractivity (Wildman–Crippen MR) is 50.4 cm³/mol. The predicted octanol–water partition coefficient (Wildman–Crippen LogP) is 4.01. The summed E-state index contributed by atoms with van der Waals surface area (Å²) in [6, 6.07) is 3.67. The van der Waals surface area contributed by atoms with Crippen LogP contribution in [0.3, 0.4) is 0 Å². The zero-order valence-electron chi connectivity index (χ0n) is 7.66. The average molecular weight is 223 g/mol. The van der Waals surface area contributed by atoms with Crippen molar-refractivity contribution in [3.8, 4) is 0 Å². The molecule has 4 heteroatoms. The Kier molecular flexibility index (Phi) is 3.43. The van der Waals surface area contributed by atoms with Gasteiger partial charge >= 0.3 is 6.18 Å². The molecule has 14 heavy (non-hydrogen) atoms. The molecule has 0 nitrogen and oxygen atoms in total. The number of rotatable bonds is 2. The number of alkyl halides is 4. The van der Waals surface area contributed by atoms with Gasteiger partial charge in [0, 0.05) is 5.88 Å². The molecule has 1 aromatic carbocycles. The second-order valence-electron chi connectivity index (χ2n) is 2.97. The van der Waals surface area contributed by atoms with Crippen LogP contribution in [0.5, 0.6) is 0 Å². The van der Waals surface area contributed by atoms with E-state index >= 15 is 0 Å². The second kappa shape index (κ2) is 4.22. The van der Waals surface area contributed by atoms with Crippen LogP contribution in [-0.2, 0) is 18.5 Å². The number of halogens is 4. The molecule has 0 saturated carbocycles. The van der Waals surface area contributed by atoms with E-state index in [4.69, 9.17) is 11.6 Å². The number of aryl methyl sites for hydroxylation is 1. The molecule has 0 aliphatic rings. The molecule has 0 saturated heterocycles. The van der Waals surface area contributed by atoms with Crippen LogP contribution in [-0.4, -0.2) is 0 Å². The Bertz CT molecular complexity index is 318. The summed E-state index contributed by atoms with van der Waals surface area (Å²) in [7, 11) is 0. The van der Waals surface area contributed by atoms with Crippen LogP contribution in [0.2, 0.25) is 0 Å². The third kappa shape index (κ3) is 2.41. The number of hydrogen-bond donors (Lipinski definition) is 0. The van der Waals surface area contributed by atoms with E-state index in [0.29, 0.717) is 12.0 Å². The molecule has 0 radical (unpaired) electrons. The summed E-state index contributed by atoms with van der Waals surface area (Å²) in [5.74, 6) is 0.251. The minimum absolute atomic E-state index is 0.251. The van der Waals surface area contributed by atoms with Crippen LogP contribution in [0.4, 0.5) is 13.2 Å². The molecule has 1 aromatic rings. The number of benzene rings is 1. The van der Waals surface area contributed by atoms with Gasteiger partial charge < -0.3 is 0 Å². The Morgan fingerprint density at radius 1 is 1.21 bits per heavy atom. The third-order valence-corrected chi connectivity index (χ3v) is 2.35. The minimum Gasteiger partial charge on any atom is -0.166 e. The maximum absolute atomic E-state index is 12.3. The Balaban J connectivity index is 3.14. The molecule has 78 valence electrons. The van der Waals surface area contributed by atoms with Crippen molar-refractivity contribution in [2.24, 2.45) is 0 Å². The van der Waals surface area contributed by atoms with Gasteiger partial charge in [0.25, 0.3) is 0 Å². The molecule has 0 aliphatic carbocycles. The number of hydrogen-bond acceptors (Lipinski definition) is 0. The van der Waals surface area contributed by atoms with Crippen LogP contribution in [0.15, 0.2) is 18.2 Å². The van der Waals surface area contributed by atoms with Crippen LogP contribution < -0.4 is 0 Å². The molecule has 0 heterocycles. The van der Waals surface area contributed by atoms with Crippen molar-refractivity contribution < 1.29 is 13.2 Å². The van der Waals surface area contributed by atoms with Crippen LogP contribution >= 0.6 is 11.6 Å². The van der Waals surface area contributed by atoms with E-state index in [9.17, 15) is 13.2 Å². The normalized spacial score (nSPS) is 11.8. The third-order valence-electron chi connectivity index (χ3n) is 2.06. The fourth-order valence-corrected chi connectivity index (χ4v) is 1.52. The lowest BCUT2D eigenvalue weighted by Crippen LogP contribution is -2.06. The van der Waals surface area contributed by atoms with Gasteiger partial charge in [-0.2, -0.15) is 13.2 Å². The van der Waals surface area contributed by atoms with E-state index in [1.165, 1.54) is 6.07 Å². The fourth-order valence-electron chi connectivity index (χ4n) is 1.26. The van der Waals surface area contributed by atoms with Gasteiger partial charge in [0.05, 0.1) is 5.56 Å². The van der Waals surface area contributed by atoms with E-state index in [1.807, 2.05) is 6.92 Å². The van der Waals surface area contributed by atoms with Gasteiger partial charge in [0.15, 0.2) is 0 Å². The summed E-state index contributed by atoms with van der Waals surface area (Å²) in [4.78, 5) is 0. The lowest BCUT2D eigenvalue weighted by Gasteiger charge is -2.10. The van der Waals surface area contributed by atoms with Gasteiger partial charge in [-0.1, -0.05) is 13.0 Å². The zero-order valence-corrected chi connectivity index (χ0v) is 8.41. The lowest BCUT2D eigenvalue weighted by atomic mass is 10.0. The van der Waals surface area contributed by atoms with E-state index in [2.05, 4.69) is 0 Å². The molecular formula is C10H10ClF3. The average Bonchev–Trinajstić information content (AvgIpc) is 2.15. The SMILES string of the molecule is CCc1cc(C(F)(F)F)ccc1CCl. The largest absolute Gasteiger partial charge is 0.416 e. The smallest absolute Gasteiger partial charge is 0.166 e.